The number of nitrogens with zero attached hydrogens (tertiary/aromatic N) is 2. The molecule has 0 saturated heterocycles. The third-order valence-electron chi connectivity index (χ3n) is 4.86. The summed E-state index contributed by atoms with van der Waals surface area (Å²) in [5, 5.41) is 15.1. The first-order valence-electron chi connectivity index (χ1n) is 9.96. The van der Waals surface area contributed by atoms with Gasteiger partial charge in [0.2, 0.25) is 0 Å². The second-order valence-electron chi connectivity index (χ2n) is 7.09. The van der Waals surface area contributed by atoms with Crippen molar-refractivity contribution in [3.63, 3.8) is 0 Å². The van der Waals surface area contributed by atoms with Crippen molar-refractivity contribution in [1.82, 2.24) is 15.3 Å². The van der Waals surface area contributed by atoms with Crippen LogP contribution in [0.15, 0.2) is 60.9 Å². The van der Waals surface area contributed by atoms with Crippen molar-refractivity contribution < 1.29 is 19.4 Å². The predicted octanol–water partition coefficient (Wildman–Crippen LogP) is 2.63. The van der Waals surface area contributed by atoms with Gasteiger partial charge in [0.15, 0.2) is 5.95 Å². The van der Waals surface area contributed by atoms with Crippen molar-refractivity contribution in [3.05, 3.63) is 66.5 Å². The summed E-state index contributed by atoms with van der Waals surface area (Å²) in [6, 6.07) is 14.8. The fourth-order valence-corrected chi connectivity index (χ4v) is 3.46. The Labute approximate surface area is 179 Å². The fraction of sp³-hybridized carbons (Fsp3) is 0.227. The Bertz CT molecular complexity index is 1040. The summed E-state index contributed by atoms with van der Waals surface area (Å²) in [4.78, 5) is 32.8. The average Bonchev–Trinajstić information content (AvgIpc) is 3.29. The Morgan fingerprint density at radius 1 is 1.19 bits per heavy atom. The predicted molar refractivity (Wildman–Crippen MR) is 116 cm³/mol. The molecule has 1 aliphatic heterocycles. The molecule has 9 heteroatoms. The van der Waals surface area contributed by atoms with Gasteiger partial charge >= 0.3 is 5.97 Å². The van der Waals surface area contributed by atoms with Gasteiger partial charge in [-0.05, 0) is 30.3 Å². The molecule has 1 amide bonds. The minimum absolute atomic E-state index is 0.103. The number of hydrogen-bond donors (Lipinski definition) is 4. The first kappa shape index (κ1) is 20.3. The number of H-pyrrole nitrogens is 1. The topological polar surface area (TPSA) is 120 Å². The number of aromatic amines is 1. The maximum Gasteiger partial charge on any atom is 0.307 e. The van der Waals surface area contributed by atoms with Gasteiger partial charge in [0.1, 0.15) is 11.9 Å². The van der Waals surface area contributed by atoms with E-state index in [0.29, 0.717) is 36.9 Å². The molecule has 3 aromatic rings. The quantitative estimate of drug-likeness (QED) is 0.413. The Balaban J connectivity index is 1.49. The van der Waals surface area contributed by atoms with Gasteiger partial charge in [0, 0.05) is 36.7 Å². The summed E-state index contributed by atoms with van der Waals surface area (Å²) in [6.07, 6.45) is 2.77. The molecule has 1 atom stereocenters. The van der Waals surface area contributed by atoms with E-state index in [1.54, 1.807) is 30.6 Å². The van der Waals surface area contributed by atoms with Gasteiger partial charge in [-0.15, -0.1) is 0 Å². The summed E-state index contributed by atoms with van der Waals surface area (Å²) in [7, 11) is 0. The van der Waals surface area contributed by atoms with Crippen LogP contribution >= 0.6 is 0 Å². The van der Waals surface area contributed by atoms with E-state index >= 15 is 0 Å². The van der Waals surface area contributed by atoms with Crippen LogP contribution in [-0.2, 0) is 4.79 Å². The number of carbonyl (C=O) groups is 2. The van der Waals surface area contributed by atoms with Crippen LogP contribution in [0.2, 0.25) is 0 Å². The summed E-state index contributed by atoms with van der Waals surface area (Å²) >= 11 is 0. The Morgan fingerprint density at radius 3 is 2.77 bits per heavy atom. The zero-order valence-electron chi connectivity index (χ0n) is 16.7. The highest BCUT2D eigenvalue weighted by molar-refractivity contribution is 5.96. The number of rotatable bonds is 8. The molecule has 0 fully saturated rings. The molecular weight excluding hydrogens is 398 g/mol. The van der Waals surface area contributed by atoms with Crippen LogP contribution in [0, 0.1) is 0 Å². The summed E-state index contributed by atoms with van der Waals surface area (Å²) in [5.41, 5.74) is 2.13. The molecular formula is C22H23N5O4. The summed E-state index contributed by atoms with van der Waals surface area (Å²) < 4.78 is 5.89. The highest BCUT2D eigenvalue weighted by Crippen LogP contribution is 2.39. The molecule has 160 valence electrons. The second-order valence-corrected chi connectivity index (χ2v) is 7.09. The third-order valence-corrected chi connectivity index (χ3v) is 4.86. The Morgan fingerprint density at radius 2 is 2.03 bits per heavy atom. The third kappa shape index (κ3) is 4.95. The summed E-state index contributed by atoms with van der Waals surface area (Å²) in [5.74, 6) is 0.0809. The highest BCUT2D eigenvalue weighted by atomic mass is 16.5. The normalized spacial score (nSPS) is 15.0. The van der Waals surface area contributed by atoms with Crippen LogP contribution in [0.1, 0.15) is 16.8 Å². The van der Waals surface area contributed by atoms with Crippen molar-refractivity contribution in [2.75, 3.05) is 29.9 Å². The van der Waals surface area contributed by atoms with Crippen LogP contribution in [0.4, 0.5) is 17.3 Å². The molecule has 0 saturated carbocycles. The smallest absolute Gasteiger partial charge is 0.307 e. The molecule has 0 radical (unpaired) electrons. The number of aromatic nitrogens is 2. The van der Waals surface area contributed by atoms with Gasteiger partial charge in [-0.1, -0.05) is 18.2 Å². The van der Waals surface area contributed by atoms with E-state index < -0.39 is 12.1 Å². The van der Waals surface area contributed by atoms with E-state index in [4.69, 9.17) is 4.74 Å². The number of para-hydroxylation sites is 1. The molecule has 2 aromatic carbocycles. The zero-order valence-corrected chi connectivity index (χ0v) is 16.7. The number of carboxylic acid groups (broad SMARTS) is 1. The lowest BCUT2D eigenvalue weighted by Gasteiger charge is -2.36. The van der Waals surface area contributed by atoms with Crippen molar-refractivity contribution in [2.24, 2.45) is 0 Å². The van der Waals surface area contributed by atoms with Gasteiger partial charge in [0.05, 0.1) is 18.7 Å². The van der Waals surface area contributed by atoms with Gasteiger partial charge in [0.25, 0.3) is 5.91 Å². The van der Waals surface area contributed by atoms with Crippen LogP contribution in [-0.4, -0.2) is 52.7 Å². The van der Waals surface area contributed by atoms with E-state index in [2.05, 4.69) is 20.6 Å². The lowest BCUT2D eigenvalue weighted by Crippen LogP contribution is -2.39. The monoisotopic (exact) mass is 421 g/mol. The number of benzene rings is 2. The van der Waals surface area contributed by atoms with Crippen LogP contribution in [0.5, 0.6) is 5.75 Å². The van der Waals surface area contributed by atoms with Gasteiger partial charge in [-0.25, -0.2) is 4.98 Å². The average molecular weight is 421 g/mol. The molecule has 4 N–H and O–H groups in total. The molecule has 0 spiro atoms. The van der Waals surface area contributed by atoms with Crippen LogP contribution in [0.25, 0.3) is 0 Å². The maximum atomic E-state index is 12.6. The number of amides is 1. The minimum atomic E-state index is -0.916. The number of anilines is 3. The van der Waals surface area contributed by atoms with Gasteiger partial charge in [-0.2, -0.15) is 0 Å². The lowest BCUT2D eigenvalue weighted by molar-refractivity contribution is -0.138. The van der Waals surface area contributed by atoms with E-state index in [0.717, 1.165) is 11.4 Å². The van der Waals surface area contributed by atoms with E-state index in [9.17, 15) is 14.7 Å². The van der Waals surface area contributed by atoms with E-state index in [1.807, 2.05) is 35.2 Å². The molecule has 1 aromatic heterocycles. The Kier molecular flexibility index (Phi) is 6.02. The molecule has 1 aliphatic rings. The number of carboxylic acids is 1. The largest absolute Gasteiger partial charge is 0.486 e. The SMILES string of the molecule is O=C(O)CC1CN(c2ccccc2)c2cc(C(=O)NCCNc3ncc[nH]3)ccc2O1. The molecule has 2 heterocycles. The van der Waals surface area contributed by atoms with Crippen LogP contribution < -0.4 is 20.3 Å². The lowest BCUT2D eigenvalue weighted by atomic mass is 10.1. The van der Waals surface area contributed by atoms with Crippen molar-refractivity contribution in [3.8, 4) is 5.75 Å². The first-order valence-corrected chi connectivity index (χ1v) is 9.96. The Hall–Kier alpha value is -4.01. The zero-order chi connectivity index (χ0) is 21.6. The molecule has 4 rings (SSSR count). The molecule has 0 aliphatic carbocycles. The maximum absolute atomic E-state index is 12.6. The number of aliphatic carboxylic acids is 1. The minimum Gasteiger partial charge on any atom is -0.486 e. The second kappa shape index (κ2) is 9.21. The number of fused-ring (bicyclic) bond motifs is 1. The molecule has 0 bridgehead atoms. The van der Waals surface area contributed by atoms with Crippen LogP contribution in [0.3, 0.4) is 0 Å². The molecule has 9 nitrogen and oxygen atoms in total. The van der Waals surface area contributed by atoms with Crippen molar-refractivity contribution >= 4 is 29.2 Å². The fourth-order valence-electron chi connectivity index (χ4n) is 3.46. The van der Waals surface area contributed by atoms with Crippen molar-refractivity contribution in [2.45, 2.75) is 12.5 Å². The van der Waals surface area contributed by atoms with E-state index in [1.165, 1.54) is 0 Å². The number of imidazole rings is 1. The molecule has 1 unspecified atom stereocenters. The number of nitrogens with one attached hydrogen (secondary N) is 3. The summed E-state index contributed by atoms with van der Waals surface area (Å²) in [6.45, 7) is 1.33. The number of ether oxygens (including phenoxy) is 1. The van der Waals surface area contributed by atoms with E-state index in [-0.39, 0.29) is 12.3 Å². The van der Waals surface area contributed by atoms with Gasteiger partial charge < -0.3 is 30.4 Å². The highest BCUT2D eigenvalue weighted by Gasteiger charge is 2.29. The molecule has 31 heavy (non-hydrogen) atoms. The standard InChI is InChI=1S/C22H23N5O4/c28-20(29)13-17-14-27(16-4-2-1-3-5-16)18-12-15(6-7-19(18)31-17)21(30)23-8-9-24-22-25-10-11-26-22/h1-7,10-12,17H,8-9,13-14H2,(H,23,30)(H,28,29)(H2,24,25,26). The number of hydrogen-bond acceptors (Lipinski definition) is 6. The first-order chi connectivity index (χ1) is 15.1. The number of carbonyl (C=O) groups excluding carboxylic acids is 1. The van der Waals surface area contributed by atoms with Crippen molar-refractivity contribution in [1.29, 1.82) is 0 Å². The van der Waals surface area contributed by atoms with Gasteiger partial charge in [-0.3, -0.25) is 9.59 Å².